The Kier molecular flexibility index (Phi) is 4.15. The quantitative estimate of drug-likeness (QED) is 0.815. The molecule has 17 heavy (non-hydrogen) atoms. The Morgan fingerprint density at radius 3 is 2.59 bits per heavy atom. The molecule has 2 aromatic rings. The van der Waals surface area contributed by atoms with Gasteiger partial charge in [0.1, 0.15) is 4.36 Å². The van der Waals surface area contributed by atoms with Crippen molar-refractivity contribution < 1.29 is 4.21 Å². The molecule has 0 aliphatic carbocycles. The van der Waals surface area contributed by atoms with E-state index in [2.05, 4.69) is 0 Å². The van der Waals surface area contributed by atoms with Gasteiger partial charge in [0.25, 0.3) is 0 Å². The van der Waals surface area contributed by atoms with Crippen LogP contribution in [-0.4, -0.2) is 4.21 Å². The first-order valence-electron chi connectivity index (χ1n) is 5.06. The van der Waals surface area contributed by atoms with Crippen LogP contribution in [-0.2, 0) is 10.8 Å². The molecule has 1 heterocycles. The van der Waals surface area contributed by atoms with Crippen molar-refractivity contribution in [3.05, 3.63) is 56.6 Å². The highest BCUT2D eigenvalue weighted by Gasteiger charge is 2.08. The van der Waals surface area contributed by atoms with Crippen molar-refractivity contribution >= 4 is 39.8 Å². The predicted molar refractivity (Wildman–Crippen MR) is 75.7 cm³/mol. The Hall–Kier alpha value is -0.900. The standard InChI is InChI=1S/C13H11ClOS2/c1-10-4-6-12(7-5-10)17(15)13(14)9-11-3-2-8-16-11/h2-9H,1H3/b13-9+/t17-/m0/s1. The Morgan fingerprint density at radius 2 is 2.00 bits per heavy atom. The average molecular weight is 283 g/mol. The van der Waals surface area contributed by atoms with E-state index in [-0.39, 0.29) is 0 Å². The second-order valence-corrected chi connectivity index (χ2v) is 6.60. The van der Waals surface area contributed by atoms with E-state index in [1.165, 1.54) is 0 Å². The third-order valence-corrected chi connectivity index (χ3v) is 4.73. The van der Waals surface area contributed by atoms with Crippen molar-refractivity contribution in [3.63, 3.8) is 0 Å². The van der Waals surface area contributed by atoms with E-state index in [1.54, 1.807) is 17.4 Å². The molecule has 0 spiro atoms. The van der Waals surface area contributed by atoms with Gasteiger partial charge in [-0.25, -0.2) is 4.21 Å². The van der Waals surface area contributed by atoms with Gasteiger partial charge in [0, 0.05) is 9.77 Å². The summed E-state index contributed by atoms with van der Waals surface area (Å²) in [6.45, 7) is 2.00. The zero-order chi connectivity index (χ0) is 12.3. The van der Waals surface area contributed by atoms with Crippen LogP contribution < -0.4 is 0 Å². The first-order chi connectivity index (χ1) is 8.16. The van der Waals surface area contributed by atoms with Crippen molar-refractivity contribution in [2.75, 3.05) is 0 Å². The molecule has 1 atom stereocenters. The van der Waals surface area contributed by atoms with E-state index >= 15 is 0 Å². The zero-order valence-electron chi connectivity index (χ0n) is 9.22. The molecule has 1 aromatic heterocycles. The molecule has 0 fully saturated rings. The minimum atomic E-state index is -1.29. The predicted octanol–water partition coefficient (Wildman–Crippen LogP) is 4.40. The van der Waals surface area contributed by atoms with Crippen LogP contribution in [0.15, 0.2) is 51.0 Å². The van der Waals surface area contributed by atoms with E-state index in [0.29, 0.717) is 4.36 Å². The Bertz CT molecular complexity index is 541. The molecule has 2 rings (SSSR count). The molecule has 0 saturated carbocycles. The van der Waals surface area contributed by atoms with Gasteiger partial charge < -0.3 is 0 Å². The number of rotatable bonds is 3. The van der Waals surface area contributed by atoms with E-state index < -0.39 is 10.8 Å². The van der Waals surface area contributed by atoms with E-state index in [0.717, 1.165) is 15.3 Å². The Labute approximate surface area is 112 Å². The highest BCUT2D eigenvalue weighted by molar-refractivity contribution is 7.91. The molecule has 0 bridgehead atoms. The number of halogens is 1. The highest BCUT2D eigenvalue weighted by Crippen LogP contribution is 2.22. The van der Waals surface area contributed by atoms with Gasteiger partial charge in [-0.1, -0.05) is 35.4 Å². The summed E-state index contributed by atoms with van der Waals surface area (Å²) in [5.41, 5.74) is 1.14. The van der Waals surface area contributed by atoms with Crippen molar-refractivity contribution in [1.82, 2.24) is 0 Å². The third kappa shape index (κ3) is 3.28. The molecule has 0 unspecified atom stereocenters. The lowest BCUT2D eigenvalue weighted by Gasteiger charge is -2.00. The van der Waals surface area contributed by atoms with Crippen LogP contribution in [0.3, 0.4) is 0 Å². The molecule has 0 aliphatic rings. The summed E-state index contributed by atoms with van der Waals surface area (Å²) >= 11 is 7.64. The fourth-order valence-electron chi connectivity index (χ4n) is 1.31. The van der Waals surface area contributed by atoms with E-state index in [1.807, 2.05) is 48.7 Å². The Morgan fingerprint density at radius 1 is 1.29 bits per heavy atom. The van der Waals surface area contributed by atoms with Gasteiger partial charge in [-0.3, -0.25) is 0 Å². The summed E-state index contributed by atoms with van der Waals surface area (Å²) < 4.78 is 12.5. The third-order valence-electron chi connectivity index (χ3n) is 2.21. The van der Waals surface area contributed by atoms with Gasteiger partial charge in [-0.05, 0) is 36.6 Å². The highest BCUT2D eigenvalue weighted by atomic mass is 35.5. The molecule has 0 radical (unpaired) electrons. The van der Waals surface area contributed by atoms with Crippen molar-refractivity contribution in [1.29, 1.82) is 0 Å². The molecular weight excluding hydrogens is 272 g/mol. The first kappa shape index (κ1) is 12.6. The topological polar surface area (TPSA) is 17.1 Å². The lowest BCUT2D eigenvalue weighted by Crippen LogP contribution is -1.90. The fourth-order valence-corrected chi connectivity index (χ4v) is 3.34. The number of aryl methyl sites for hydroxylation is 1. The summed E-state index contributed by atoms with van der Waals surface area (Å²) in [5, 5.41) is 1.96. The molecule has 0 N–H and O–H groups in total. The molecule has 4 heteroatoms. The number of hydrogen-bond acceptors (Lipinski definition) is 2. The first-order valence-corrected chi connectivity index (χ1v) is 7.47. The summed E-state index contributed by atoms with van der Waals surface area (Å²) in [6.07, 6.45) is 1.75. The lowest BCUT2D eigenvalue weighted by atomic mass is 10.2. The van der Waals surface area contributed by atoms with Crippen molar-refractivity contribution in [2.45, 2.75) is 11.8 Å². The van der Waals surface area contributed by atoms with Crippen molar-refractivity contribution in [3.8, 4) is 0 Å². The molecule has 0 saturated heterocycles. The van der Waals surface area contributed by atoms with Crippen LogP contribution in [0.4, 0.5) is 0 Å². The largest absolute Gasteiger partial charge is 0.248 e. The fraction of sp³-hybridized carbons (Fsp3) is 0.0769. The van der Waals surface area contributed by atoms with Crippen LogP contribution in [0.5, 0.6) is 0 Å². The number of benzene rings is 1. The molecule has 88 valence electrons. The molecule has 0 amide bonds. The van der Waals surface area contributed by atoms with Crippen LogP contribution >= 0.6 is 22.9 Å². The SMILES string of the molecule is Cc1ccc([S@](=O)/C(Cl)=C/c2cccs2)cc1. The van der Waals surface area contributed by atoms with E-state index in [4.69, 9.17) is 11.6 Å². The van der Waals surface area contributed by atoms with Crippen LogP contribution in [0, 0.1) is 6.92 Å². The average Bonchev–Trinajstić information content (AvgIpc) is 2.82. The number of hydrogen-bond donors (Lipinski definition) is 0. The second-order valence-electron chi connectivity index (χ2n) is 3.55. The Balaban J connectivity index is 2.23. The monoisotopic (exact) mass is 282 g/mol. The molecule has 1 aromatic carbocycles. The molecule has 0 aliphatic heterocycles. The van der Waals surface area contributed by atoms with Crippen LogP contribution in [0.25, 0.3) is 6.08 Å². The zero-order valence-corrected chi connectivity index (χ0v) is 11.6. The summed E-state index contributed by atoms with van der Waals surface area (Å²) in [6, 6.07) is 11.4. The second kappa shape index (κ2) is 5.63. The van der Waals surface area contributed by atoms with Crippen molar-refractivity contribution in [2.24, 2.45) is 0 Å². The van der Waals surface area contributed by atoms with Crippen LogP contribution in [0.1, 0.15) is 10.4 Å². The van der Waals surface area contributed by atoms with Gasteiger partial charge in [0.15, 0.2) is 0 Å². The summed E-state index contributed by atoms with van der Waals surface area (Å²) in [5.74, 6) is 0. The van der Waals surface area contributed by atoms with Gasteiger partial charge in [-0.2, -0.15) is 0 Å². The summed E-state index contributed by atoms with van der Waals surface area (Å²) in [4.78, 5) is 1.74. The minimum Gasteiger partial charge on any atom is -0.248 e. The van der Waals surface area contributed by atoms with Gasteiger partial charge in [0.05, 0.1) is 10.8 Å². The molecular formula is C13H11ClOS2. The normalized spacial score (nSPS) is 13.6. The van der Waals surface area contributed by atoms with Gasteiger partial charge in [0.2, 0.25) is 0 Å². The number of thiophene rings is 1. The summed E-state index contributed by atoms with van der Waals surface area (Å²) in [7, 11) is -1.29. The lowest BCUT2D eigenvalue weighted by molar-refractivity contribution is 0.688. The molecule has 1 nitrogen and oxygen atoms in total. The van der Waals surface area contributed by atoms with Crippen LogP contribution in [0.2, 0.25) is 0 Å². The maximum absolute atomic E-state index is 12.1. The maximum Gasteiger partial charge on any atom is 0.111 e. The van der Waals surface area contributed by atoms with Gasteiger partial charge in [-0.15, -0.1) is 11.3 Å². The minimum absolute atomic E-state index is 0.358. The smallest absolute Gasteiger partial charge is 0.111 e. The maximum atomic E-state index is 12.1. The van der Waals surface area contributed by atoms with Gasteiger partial charge >= 0.3 is 0 Å². The van der Waals surface area contributed by atoms with E-state index in [9.17, 15) is 4.21 Å².